The van der Waals surface area contributed by atoms with Crippen molar-refractivity contribution in [3.05, 3.63) is 69.6 Å². The smallest absolute Gasteiger partial charge is 0.328 e. The molecule has 1 fully saturated rings. The quantitative estimate of drug-likeness (QED) is 0.230. The van der Waals surface area contributed by atoms with Crippen molar-refractivity contribution >= 4 is 35.8 Å². The molecule has 15 nitrogen and oxygen atoms in total. The van der Waals surface area contributed by atoms with Gasteiger partial charge >= 0.3 is 12.0 Å². The van der Waals surface area contributed by atoms with Crippen LogP contribution in [-0.2, 0) is 20.9 Å². The second kappa shape index (κ2) is 12.0. The molecule has 5 rings (SSSR count). The van der Waals surface area contributed by atoms with Crippen molar-refractivity contribution in [3.63, 3.8) is 0 Å². The molecular formula is C31H33N7O8. The predicted octanol–water partition coefficient (Wildman–Crippen LogP) is 1.94. The summed E-state index contributed by atoms with van der Waals surface area (Å²) in [6.07, 6.45) is 4.37. The number of carbonyl (C=O) groups excluding carboxylic acids is 4. The Morgan fingerprint density at radius 1 is 1.11 bits per heavy atom. The summed E-state index contributed by atoms with van der Waals surface area (Å²) in [7, 11) is 2.90. The van der Waals surface area contributed by atoms with Crippen LogP contribution in [0.25, 0.3) is 17.3 Å². The molecule has 0 aliphatic carbocycles. The third kappa shape index (κ3) is 6.11. The molecule has 1 atom stereocenters. The number of aromatic nitrogens is 3. The highest BCUT2D eigenvalue weighted by Crippen LogP contribution is 2.32. The molecule has 15 heteroatoms. The van der Waals surface area contributed by atoms with E-state index in [9.17, 15) is 24.0 Å². The van der Waals surface area contributed by atoms with Gasteiger partial charge in [-0.3, -0.25) is 24.2 Å². The Kier molecular flexibility index (Phi) is 8.26. The van der Waals surface area contributed by atoms with E-state index in [-0.39, 0.29) is 36.5 Å². The van der Waals surface area contributed by atoms with Crippen molar-refractivity contribution in [2.24, 2.45) is 5.41 Å². The number of nitrogens with zero attached hydrogens (tertiary/aromatic N) is 4. The number of esters is 1. The van der Waals surface area contributed by atoms with Gasteiger partial charge in [0.15, 0.2) is 12.3 Å². The topological polar surface area (TPSA) is 199 Å². The highest BCUT2D eigenvalue weighted by atomic mass is 16.5. The van der Waals surface area contributed by atoms with Gasteiger partial charge in [0.1, 0.15) is 5.75 Å². The van der Waals surface area contributed by atoms with Crippen molar-refractivity contribution in [3.8, 4) is 22.9 Å². The maximum Gasteiger partial charge on any atom is 0.328 e. The number of hydrogen-bond acceptors (Lipinski definition) is 11. The summed E-state index contributed by atoms with van der Waals surface area (Å²) in [5.74, 6) is -1.14. The molecule has 0 saturated carbocycles. The fourth-order valence-corrected chi connectivity index (χ4v) is 5.03. The maximum absolute atomic E-state index is 14.0. The Labute approximate surface area is 263 Å². The minimum atomic E-state index is -1.78. The van der Waals surface area contributed by atoms with Crippen LogP contribution in [0, 0.1) is 5.41 Å². The van der Waals surface area contributed by atoms with Crippen molar-refractivity contribution in [1.29, 1.82) is 0 Å². The zero-order valence-corrected chi connectivity index (χ0v) is 25.9. The van der Waals surface area contributed by atoms with Gasteiger partial charge in [-0.2, -0.15) is 0 Å². The van der Waals surface area contributed by atoms with Gasteiger partial charge in [0.2, 0.25) is 11.8 Å². The van der Waals surface area contributed by atoms with Gasteiger partial charge in [0, 0.05) is 35.5 Å². The van der Waals surface area contributed by atoms with Crippen LogP contribution < -0.4 is 26.1 Å². The van der Waals surface area contributed by atoms with Crippen LogP contribution in [0.3, 0.4) is 0 Å². The molecule has 4 amide bonds. The third-order valence-electron chi connectivity index (χ3n) is 7.45. The lowest BCUT2D eigenvalue weighted by Crippen LogP contribution is -2.54. The molecule has 0 unspecified atom stereocenters. The number of nitrogens with two attached hydrogens (primary N) is 1. The van der Waals surface area contributed by atoms with E-state index in [4.69, 9.17) is 19.9 Å². The number of pyridine rings is 1. The zero-order valence-electron chi connectivity index (χ0n) is 25.9. The number of anilines is 1. The largest absolute Gasteiger partial charge is 0.497 e. The maximum atomic E-state index is 14.0. The molecule has 2 aliphatic rings. The van der Waals surface area contributed by atoms with Crippen LogP contribution in [0.1, 0.15) is 42.3 Å². The number of benzene rings is 1. The molecule has 0 radical (unpaired) electrons. The molecule has 0 spiro atoms. The van der Waals surface area contributed by atoms with E-state index in [1.54, 1.807) is 45.0 Å². The Morgan fingerprint density at radius 3 is 2.54 bits per heavy atom. The second-order valence-electron chi connectivity index (χ2n) is 11.8. The minimum absolute atomic E-state index is 0.0882. The molecule has 0 bridgehead atoms. The first-order chi connectivity index (χ1) is 21.7. The van der Waals surface area contributed by atoms with Gasteiger partial charge in [-0.15, -0.1) is 0 Å². The number of aromatic amines is 1. The first kappa shape index (κ1) is 31.7. The molecule has 46 heavy (non-hydrogen) atoms. The molecule has 4 N–H and O–H groups in total. The fourth-order valence-electron chi connectivity index (χ4n) is 5.03. The Hall–Kier alpha value is -5.73. The van der Waals surface area contributed by atoms with E-state index in [0.717, 1.165) is 10.5 Å². The molecule has 3 aromatic rings. The summed E-state index contributed by atoms with van der Waals surface area (Å²) in [4.78, 5) is 78.2. The average molecular weight is 632 g/mol. The number of rotatable bonds is 9. The number of carbonyl (C=O) groups is 4. The molecule has 1 aromatic carbocycles. The van der Waals surface area contributed by atoms with E-state index < -0.39 is 41.2 Å². The second-order valence-corrected chi connectivity index (χ2v) is 11.8. The number of fused-ring (bicyclic) bond motifs is 1. The monoisotopic (exact) mass is 631 g/mol. The van der Waals surface area contributed by atoms with Crippen molar-refractivity contribution < 1.29 is 33.4 Å². The number of methoxy groups -OCH3 is 2. The van der Waals surface area contributed by atoms with Gasteiger partial charge < -0.3 is 30.2 Å². The van der Waals surface area contributed by atoms with Crippen LogP contribution in [0.4, 0.5) is 10.7 Å². The zero-order chi connectivity index (χ0) is 33.4. The highest BCUT2D eigenvalue weighted by molar-refractivity contribution is 6.09. The molecule has 2 aromatic heterocycles. The lowest BCUT2D eigenvalue weighted by Gasteiger charge is -2.29. The van der Waals surface area contributed by atoms with E-state index in [2.05, 4.69) is 20.3 Å². The summed E-state index contributed by atoms with van der Waals surface area (Å²) in [6, 6.07) is 7.16. The van der Waals surface area contributed by atoms with Gasteiger partial charge in [0.25, 0.3) is 17.4 Å². The normalized spacial score (nSPS) is 17.8. The molecule has 240 valence electrons. The first-order valence-corrected chi connectivity index (χ1v) is 14.1. The SMILES string of the molecule is COc1ccc2c(c1)C(=O)N(C[C@@]1(/C=C/c3cc(-c4cc(=O)[nH]c(N)n4)cnc3OC)NC(=O)N(COC(=O)C(C)(C)C)C1=O)C2. The average Bonchev–Trinajstić information content (AvgIpc) is 3.44. The van der Waals surface area contributed by atoms with E-state index >= 15 is 0 Å². The molecule has 1 saturated heterocycles. The third-order valence-corrected chi connectivity index (χ3v) is 7.45. The summed E-state index contributed by atoms with van der Waals surface area (Å²) in [5.41, 5.74) is 4.76. The lowest BCUT2D eigenvalue weighted by molar-refractivity contribution is -0.158. The number of nitrogen functional groups attached to an aromatic ring is 1. The van der Waals surface area contributed by atoms with Gasteiger partial charge in [-0.1, -0.05) is 12.1 Å². The van der Waals surface area contributed by atoms with Crippen LogP contribution in [0.2, 0.25) is 0 Å². The number of amides is 4. The standard InChI is InChI=1S/C31H33N7O8/c1-30(2,3)27(42)46-16-38-26(41)31(36-29(38)43,15-37-14-18-6-7-20(44-4)11-21(18)25(37)40)9-8-17-10-19(13-33-24(17)45-5)22-12-23(39)35-28(32)34-22/h6-13H,14-16H2,1-5H3,(H,36,43)(H3,32,34,35,39)/b9-8+/t31-/m1/s1. The predicted molar refractivity (Wildman–Crippen MR) is 164 cm³/mol. The number of nitrogens with one attached hydrogen (secondary N) is 2. The minimum Gasteiger partial charge on any atom is -0.497 e. The highest BCUT2D eigenvalue weighted by Gasteiger charge is 2.52. The number of hydrogen-bond donors (Lipinski definition) is 3. The van der Waals surface area contributed by atoms with Crippen LogP contribution in [0.15, 0.2) is 47.4 Å². The Bertz CT molecular complexity index is 1830. The van der Waals surface area contributed by atoms with Crippen molar-refractivity contribution in [2.45, 2.75) is 32.9 Å². The summed E-state index contributed by atoms with van der Waals surface area (Å²) in [6.45, 7) is 4.22. The van der Waals surface area contributed by atoms with Crippen LogP contribution in [-0.4, -0.2) is 81.6 Å². The molecule has 4 heterocycles. The number of H-pyrrole nitrogens is 1. The number of urea groups is 1. The summed E-state index contributed by atoms with van der Waals surface area (Å²) < 4.78 is 16.0. The van der Waals surface area contributed by atoms with E-state index in [1.165, 1.54) is 43.5 Å². The Balaban J connectivity index is 1.52. The number of imide groups is 1. The Morgan fingerprint density at radius 2 is 1.87 bits per heavy atom. The van der Waals surface area contributed by atoms with Gasteiger partial charge in [0.05, 0.1) is 31.9 Å². The lowest BCUT2D eigenvalue weighted by atomic mass is 9.96. The van der Waals surface area contributed by atoms with Gasteiger partial charge in [-0.05, 0) is 50.6 Å². The summed E-state index contributed by atoms with van der Waals surface area (Å²) >= 11 is 0. The summed E-state index contributed by atoms with van der Waals surface area (Å²) in [5, 5.41) is 2.70. The number of ether oxygens (including phenoxy) is 3. The van der Waals surface area contributed by atoms with Crippen molar-refractivity contribution in [1.82, 2.24) is 30.1 Å². The molecule has 2 aliphatic heterocycles. The fraction of sp³-hybridized carbons (Fsp3) is 0.323. The van der Waals surface area contributed by atoms with E-state index in [1.807, 2.05) is 0 Å². The van der Waals surface area contributed by atoms with E-state index in [0.29, 0.717) is 22.4 Å². The van der Waals surface area contributed by atoms with Crippen LogP contribution in [0.5, 0.6) is 11.6 Å². The van der Waals surface area contributed by atoms with Crippen molar-refractivity contribution in [2.75, 3.05) is 33.2 Å². The molecular weight excluding hydrogens is 598 g/mol. The first-order valence-electron chi connectivity index (χ1n) is 14.1. The van der Waals surface area contributed by atoms with Gasteiger partial charge in [-0.25, -0.2) is 19.7 Å². The van der Waals surface area contributed by atoms with Crippen LogP contribution >= 0.6 is 0 Å².